The van der Waals surface area contributed by atoms with Crippen molar-refractivity contribution in [2.75, 3.05) is 0 Å². The number of hydrogen-bond donors (Lipinski definition) is 0. The Hall–Kier alpha value is -1.76. The molecule has 4 nitrogen and oxygen atoms in total. The third-order valence-corrected chi connectivity index (χ3v) is 9.92. The van der Waals surface area contributed by atoms with Gasteiger partial charge in [-0.15, -0.1) is 0 Å². The zero-order chi connectivity index (χ0) is 22.9. The summed E-state index contributed by atoms with van der Waals surface area (Å²) in [7, 11) is -7.20. The van der Waals surface area contributed by atoms with Gasteiger partial charge in [-0.05, 0) is 129 Å². The van der Waals surface area contributed by atoms with Gasteiger partial charge in [0, 0.05) is 7.14 Å². The summed E-state index contributed by atoms with van der Waals surface area (Å²) in [5.41, 5.74) is 1.59. The first kappa shape index (κ1) is 23.4. The maximum Gasteiger partial charge on any atom is 0.206 e. The summed E-state index contributed by atoms with van der Waals surface area (Å²) in [6.45, 7) is 0. The van der Waals surface area contributed by atoms with Crippen LogP contribution >= 0.6 is 45.2 Å². The minimum Gasteiger partial charge on any atom is -0.219 e. The summed E-state index contributed by atoms with van der Waals surface area (Å²) in [4.78, 5) is 0.910. The van der Waals surface area contributed by atoms with E-state index in [1.165, 1.54) is 0 Å². The Labute approximate surface area is 214 Å². The van der Waals surface area contributed by atoms with Gasteiger partial charge in [0.05, 0.1) is 19.6 Å². The number of benzene rings is 4. The van der Waals surface area contributed by atoms with Gasteiger partial charge in [-0.2, -0.15) is 0 Å². The minimum atomic E-state index is -3.60. The maximum atomic E-state index is 12.8. The lowest BCUT2D eigenvalue weighted by Gasteiger charge is -2.08. The molecule has 0 unspecified atom stereocenters. The van der Waals surface area contributed by atoms with Crippen LogP contribution in [-0.4, -0.2) is 16.8 Å². The lowest BCUT2D eigenvalue weighted by Crippen LogP contribution is -2.02. The minimum absolute atomic E-state index is 0.209. The van der Waals surface area contributed by atoms with Crippen LogP contribution in [-0.2, 0) is 19.7 Å². The molecule has 0 fully saturated rings. The average Bonchev–Trinajstić information content (AvgIpc) is 2.80. The number of hydrogen-bond acceptors (Lipinski definition) is 4. The molecule has 0 aliphatic heterocycles. The van der Waals surface area contributed by atoms with Crippen molar-refractivity contribution < 1.29 is 16.8 Å². The van der Waals surface area contributed by atoms with Crippen LogP contribution in [0.1, 0.15) is 0 Å². The summed E-state index contributed by atoms with van der Waals surface area (Å²) in [5.74, 6) is 0. The molecule has 0 amide bonds. The van der Waals surface area contributed by atoms with E-state index >= 15 is 0 Å². The van der Waals surface area contributed by atoms with Gasteiger partial charge in [-0.3, -0.25) is 0 Å². The molecule has 0 aliphatic carbocycles. The highest BCUT2D eigenvalue weighted by Crippen LogP contribution is 2.28. The second kappa shape index (κ2) is 9.24. The molecule has 0 radical (unpaired) electrons. The molecule has 32 heavy (non-hydrogen) atoms. The normalized spacial score (nSPS) is 11.9. The molecule has 0 heterocycles. The Morgan fingerprint density at radius 1 is 0.375 bits per heavy atom. The van der Waals surface area contributed by atoms with Gasteiger partial charge in [0.25, 0.3) is 0 Å². The van der Waals surface area contributed by atoms with Crippen molar-refractivity contribution in [1.29, 1.82) is 0 Å². The van der Waals surface area contributed by atoms with Crippen LogP contribution in [0.15, 0.2) is 117 Å². The molecule has 4 aromatic rings. The molecule has 0 saturated heterocycles. The molecular formula is C24H16I2O4S2. The molecular weight excluding hydrogens is 670 g/mol. The van der Waals surface area contributed by atoms with E-state index in [1.54, 1.807) is 97.1 Å². The van der Waals surface area contributed by atoms with Gasteiger partial charge in [0.15, 0.2) is 0 Å². The zero-order valence-corrected chi connectivity index (χ0v) is 22.4. The zero-order valence-electron chi connectivity index (χ0n) is 16.4. The molecule has 0 atom stereocenters. The summed E-state index contributed by atoms with van der Waals surface area (Å²) >= 11 is 4.26. The van der Waals surface area contributed by atoms with E-state index in [4.69, 9.17) is 0 Å². The van der Waals surface area contributed by atoms with Gasteiger partial charge in [0.1, 0.15) is 0 Å². The second-order valence-electron chi connectivity index (χ2n) is 6.96. The van der Waals surface area contributed by atoms with Gasteiger partial charge in [-0.1, -0.05) is 24.3 Å². The van der Waals surface area contributed by atoms with Crippen molar-refractivity contribution in [2.45, 2.75) is 19.6 Å². The molecule has 0 aromatic heterocycles. The molecule has 4 aromatic carbocycles. The van der Waals surface area contributed by atoms with E-state index in [1.807, 2.05) is 0 Å². The molecule has 0 aliphatic rings. The number of halogens is 2. The predicted molar refractivity (Wildman–Crippen MR) is 141 cm³/mol. The van der Waals surface area contributed by atoms with Crippen LogP contribution in [0.25, 0.3) is 11.1 Å². The van der Waals surface area contributed by atoms with Crippen molar-refractivity contribution in [1.82, 2.24) is 0 Å². The third-order valence-electron chi connectivity index (χ3n) is 4.91. The first-order valence-electron chi connectivity index (χ1n) is 9.40. The Morgan fingerprint density at radius 3 is 0.844 bits per heavy atom. The molecule has 8 heteroatoms. The second-order valence-corrected chi connectivity index (χ2v) is 13.4. The van der Waals surface area contributed by atoms with Crippen LogP contribution in [0.2, 0.25) is 0 Å². The molecule has 4 rings (SSSR count). The van der Waals surface area contributed by atoms with Gasteiger partial charge < -0.3 is 0 Å². The summed E-state index contributed by atoms with van der Waals surface area (Å²) in [6.07, 6.45) is 0. The molecule has 0 bridgehead atoms. The number of rotatable bonds is 5. The van der Waals surface area contributed by atoms with Crippen molar-refractivity contribution in [2.24, 2.45) is 0 Å². The summed E-state index contributed by atoms with van der Waals surface area (Å²) < 4.78 is 53.3. The van der Waals surface area contributed by atoms with Crippen molar-refractivity contribution in [3.05, 3.63) is 104 Å². The monoisotopic (exact) mass is 686 g/mol. The Balaban J connectivity index is 1.60. The van der Waals surface area contributed by atoms with Crippen LogP contribution in [0, 0.1) is 7.14 Å². The van der Waals surface area contributed by atoms with E-state index in [0.29, 0.717) is 0 Å². The van der Waals surface area contributed by atoms with Gasteiger partial charge in [-0.25, -0.2) is 16.8 Å². The Kier molecular flexibility index (Phi) is 6.76. The van der Waals surface area contributed by atoms with Crippen molar-refractivity contribution >= 4 is 64.9 Å². The van der Waals surface area contributed by atoms with E-state index < -0.39 is 19.7 Å². The van der Waals surface area contributed by atoms with E-state index in [0.717, 1.165) is 18.3 Å². The van der Waals surface area contributed by atoms with Crippen molar-refractivity contribution in [3.63, 3.8) is 0 Å². The first-order valence-corrected chi connectivity index (χ1v) is 14.5. The van der Waals surface area contributed by atoms with Crippen LogP contribution in [0.3, 0.4) is 0 Å². The van der Waals surface area contributed by atoms with E-state index in [-0.39, 0.29) is 19.6 Å². The third kappa shape index (κ3) is 4.78. The largest absolute Gasteiger partial charge is 0.219 e. The smallest absolute Gasteiger partial charge is 0.206 e. The van der Waals surface area contributed by atoms with Crippen LogP contribution in [0.4, 0.5) is 0 Å². The fourth-order valence-electron chi connectivity index (χ4n) is 3.15. The highest BCUT2D eigenvalue weighted by Gasteiger charge is 2.19. The lowest BCUT2D eigenvalue weighted by molar-refractivity contribution is 0.594. The summed E-state index contributed by atoms with van der Waals surface area (Å²) in [6, 6.07) is 26.6. The first-order chi connectivity index (χ1) is 15.2. The maximum absolute atomic E-state index is 12.8. The molecule has 0 N–H and O–H groups in total. The molecule has 0 saturated carbocycles. The SMILES string of the molecule is O=S(=O)(c1ccc(I)cc1)c1ccc(-c2ccc(S(=O)(=O)c3ccc(I)cc3)cc2)cc1. The fraction of sp³-hybridized carbons (Fsp3) is 0. The average molecular weight is 686 g/mol. The number of sulfone groups is 2. The molecule has 0 spiro atoms. The lowest BCUT2D eigenvalue weighted by atomic mass is 10.1. The fourth-order valence-corrected chi connectivity index (χ4v) is 6.39. The summed E-state index contributed by atoms with van der Waals surface area (Å²) in [5, 5.41) is 0. The van der Waals surface area contributed by atoms with E-state index in [2.05, 4.69) is 45.2 Å². The Morgan fingerprint density at radius 2 is 0.594 bits per heavy atom. The highest BCUT2D eigenvalue weighted by atomic mass is 127. The predicted octanol–water partition coefficient (Wildman–Crippen LogP) is 6.23. The Bertz CT molecular complexity index is 1340. The quantitative estimate of drug-likeness (QED) is 0.234. The standard InChI is InChI=1S/C24H16I2O4S2/c25-19-5-13-23(14-6-19)31(27,28)21-9-1-17(2-10-21)18-3-11-22(12-4-18)32(29,30)24-15-7-20(26)8-16-24/h1-16H. The van der Waals surface area contributed by atoms with Crippen LogP contribution < -0.4 is 0 Å². The highest BCUT2D eigenvalue weighted by molar-refractivity contribution is 14.1. The molecule has 162 valence electrons. The van der Waals surface area contributed by atoms with Crippen LogP contribution in [0.5, 0.6) is 0 Å². The van der Waals surface area contributed by atoms with Gasteiger partial charge in [0.2, 0.25) is 19.7 Å². The van der Waals surface area contributed by atoms with Crippen molar-refractivity contribution in [3.8, 4) is 11.1 Å². The topological polar surface area (TPSA) is 68.3 Å². The van der Waals surface area contributed by atoms with E-state index in [9.17, 15) is 16.8 Å². The van der Waals surface area contributed by atoms with Gasteiger partial charge >= 0.3 is 0 Å².